The van der Waals surface area contributed by atoms with Gasteiger partial charge >= 0.3 is 5.97 Å². The average Bonchev–Trinajstić information content (AvgIpc) is 2.81. The van der Waals surface area contributed by atoms with Crippen LogP contribution in [0, 0.1) is 6.92 Å². The lowest BCUT2D eigenvalue weighted by Crippen LogP contribution is -2.28. The van der Waals surface area contributed by atoms with Crippen molar-refractivity contribution in [2.45, 2.75) is 26.2 Å². The molecule has 0 radical (unpaired) electrons. The summed E-state index contributed by atoms with van der Waals surface area (Å²) in [5, 5.41) is 14.9. The van der Waals surface area contributed by atoms with Gasteiger partial charge in [0.2, 0.25) is 0 Å². The Morgan fingerprint density at radius 3 is 2.75 bits per heavy atom. The van der Waals surface area contributed by atoms with Crippen LogP contribution in [-0.4, -0.2) is 16.1 Å². The minimum Gasteiger partial charge on any atom is -0.481 e. The number of rotatable bonds is 4. The Kier molecular flexibility index (Phi) is 4.15. The van der Waals surface area contributed by atoms with E-state index in [1.54, 1.807) is 19.2 Å². The van der Waals surface area contributed by atoms with Crippen LogP contribution >= 0.6 is 27.3 Å². The third-order valence-corrected chi connectivity index (χ3v) is 4.36. The second kappa shape index (κ2) is 5.54. The Labute approximate surface area is 130 Å². The monoisotopic (exact) mass is 354 g/mol. The Hall–Kier alpha value is -1.40. The Morgan fingerprint density at radius 1 is 1.45 bits per heavy atom. The summed E-state index contributed by atoms with van der Waals surface area (Å²) < 4.78 is 1.02. The third-order valence-electron chi connectivity index (χ3n) is 3.11. The molecule has 0 atom stereocenters. The molecule has 0 amide bonds. The summed E-state index contributed by atoms with van der Waals surface area (Å²) in [6, 6.07) is 5.92. The lowest BCUT2D eigenvalue weighted by Gasteiger charge is -2.15. The highest BCUT2D eigenvalue weighted by Crippen LogP contribution is 2.30. The lowest BCUT2D eigenvalue weighted by molar-refractivity contribution is -0.142. The molecule has 2 aromatic rings. The molecule has 0 unspecified atom stereocenters. The van der Waals surface area contributed by atoms with Crippen LogP contribution in [0.4, 0.5) is 10.8 Å². The second-order valence-electron chi connectivity index (χ2n) is 5.05. The van der Waals surface area contributed by atoms with Crippen LogP contribution in [0.5, 0.6) is 0 Å². The molecular weight excluding hydrogens is 340 g/mol. The number of benzene rings is 1. The first kappa shape index (κ1) is 15.0. The first-order valence-electron chi connectivity index (χ1n) is 6.03. The molecule has 0 bridgehead atoms. The van der Waals surface area contributed by atoms with Gasteiger partial charge in [-0.2, -0.15) is 0 Å². The maximum atomic E-state index is 11.2. The molecule has 2 rings (SSSR count). The van der Waals surface area contributed by atoms with Gasteiger partial charge < -0.3 is 10.4 Å². The first-order chi connectivity index (χ1) is 9.30. The average molecular weight is 355 g/mol. The Balaban J connectivity index is 2.24. The molecule has 20 heavy (non-hydrogen) atoms. The van der Waals surface area contributed by atoms with Crippen molar-refractivity contribution >= 4 is 44.1 Å². The van der Waals surface area contributed by atoms with Crippen LogP contribution in [0.15, 0.2) is 28.1 Å². The van der Waals surface area contributed by atoms with Crippen LogP contribution in [0.1, 0.15) is 25.1 Å². The molecule has 106 valence electrons. The van der Waals surface area contributed by atoms with Crippen molar-refractivity contribution in [1.82, 2.24) is 4.98 Å². The van der Waals surface area contributed by atoms with Gasteiger partial charge in [0.1, 0.15) is 5.41 Å². The molecule has 6 heteroatoms. The van der Waals surface area contributed by atoms with E-state index in [2.05, 4.69) is 26.2 Å². The van der Waals surface area contributed by atoms with E-state index < -0.39 is 11.4 Å². The number of anilines is 2. The number of halogens is 1. The predicted molar refractivity (Wildman–Crippen MR) is 84.9 cm³/mol. The number of nitrogens with one attached hydrogen (secondary N) is 1. The van der Waals surface area contributed by atoms with Crippen molar-refractivity contribution in [2.75, 3.05) is 5.32 Å². The minimum atomic E-state index is -0.981. The van der Waals surface area contributed by atoms with Crippen LogP contribution in [0.3, 0.4) is 0 Å². The molecule has 4 nitrogen and oxygen atoms in total. The van der Waals surface area contributed by atoms with Crippen molar-refractivity contribution in [3.8, 4) is 0 Å². The van der Waals surface area contributed by atoms with E-state index in [0.29, 0.717) is 10.8 Å². The maximum absolute atomic E-state index is 11.2. The van der Waals surface area contributed by atoms with Crippen molar-refractivity contribution in [1.29, 1.82) is 0 Å². The number of aliphatic carboxylic acids is 1. The van der Waals surface area contributed by atoms with Crippen LogP contribution in [-0.2, 0) is 10.2 Å². The second-order valence-corrected chi connectivity index (χ2v) is 6.83. The van der Waals surface area contributed by atoms with Gasteiger partial charge in [-0.3, -0.25) is 4.79 Å². The molecule has 1 heterocycles. The molecule has 1 aromatic heterocycles. The molecule has 0 aliphatic carbocycles. The molecule has 0 fully saturated rings. The zero-order chi connectivity index (χ0) is 14.9. The fourth-order valence-electron chi connectivity index (χ4n) is 1.61. The Morgan fingerprint density at radius 2 is 2.15 bits per heavy atom. The number of nitrogens with zero attached hydrogens (tertiary/aromatic N) is 1. The van der Waals surface area contributed by atoms with Crippen molar-refractivity contribution in [2.24, 2.45) is 0 Å². The topological polar surface area (TPSA) is 62.2 Å². The highest BCUT2D eigenvalue weighted by molar-refractivity contribution is 9.10. The normalized spacial score (nSPS) is 11.4. The van der Waals surface area contributed by atoms with Crippen molar-refractivity contribution < 1.29 is 9.90 Å². The number of thiazole rings is 1. The smallest absolute Gasteiger partial charge is 0.315 e. The number of hydrogen-bond donors (Lipinski definition) is 2. The lowest BCUT2D eigenvalue weighted by atomic mass is 9.90. The van der Waals surface area contributed by atoms with Crippen LogP contribution < -0.4 is 5.32 Å². The van der Waals surface area contributed by atoms with E-state index in [1.807, 2.05) is 25.1 Å². The van der Waals surface area contributed by atoms with E-state index in [1.165, 1.54) is 11.3 Å². The number of carbonyl (C=O) groups is 1. The fourth-order valence-corrected chi connectivity index (χ4v) is 2.98. The predicted octanol–water partition coefficient (Wildman–Crippen LogP) is 4.32. The minimum absolute atomic E-state index is 0.562. The SMILES string of the molecule is Cc1cc(Br)ccc1Nc1nc(C(C)(C)C(=O)O)cs1. The molecule has 2 N–H and O–H groups in total. The highest BCUT2D eigenvalue weighted by atomic mass is 79.9. The summed E-state index contributed by atoms with van der Waals surface area (Å²) in [5.41, 5.74) is 1.63. The number of aryl methyl sites for hydroxylation is 1. The zero-order valence-corrected chi connectivity index (χ0v) is 13.8. The number of carboxylic acids is 1. The largest absolute Gasteiger partial charge is 0.481 e. The fraction of sp³-hybridized carbons (Fsp3) is 0.286. The summed E-state index contributed by atoms with van der Waals surface area (Å²) >= 11 is 4.83. The number of aromatic nitrogens is 1. The Bertz CT molecular complexity index is 652. The third kappa shape index (κ3) is 3.02. The molecule has 0 saturated heterocycles. The van der Waals surface area contributed by atoms with Gasteiger partial charge in [0.25, 0.3) is 0 Å². The summed E-state index contributed by atoms with van der Waals surface area (Å²) in [7, 11) is 0. The van der Waals surface area contributed by atoms with Gasteiger partial charge in [-0.05, 0) is 44.5 Å². The van der Waals surface area contributed by atoms with E-state index >= 15 is 0 Å². The highest BCUT2D eigenvalue weighted by Gasteiger charge is 2.32. The van der Waals surface area contributed by atoms with E-state index in [0.717, 1.165) is 15.7 Å². The molecule has 0 saturated carbocycles. The summed E-state index contributed by atoms with van der Waals surface area (Å²) in [5.74, 6) is -0.880. The standard InChI is InChI=1S/C14H15BrN2O2S/c1-8-6-9(15)4-5-10(8)16-13-17-11(7-20-13)14(2,3)12(18)19/h4-7H,1-3H3,(H,16,17)(H,18,19). The quantitative estimate of drug-likeness (QED) is 0.858. The van der Waals surface area contributed by atoms with Gasteiger partial charge in [-0.1, -0.05) is 15.9 Å². The van der Waals surface area contributed by atoms with Gasteiger partial charge in [0, 0.05) is 15.5 Å². The van der Waals surface area contributed by atoms with Crippen LogP contribution in [0.2, 0.25) is 0 Å². The molecular formula is C14H15BrN2O2S. The maximum Gasteiger partial charge on any atom is 0.315 e. The summed E-state index contributed by atoms with van der Waals surface area (Å²) in [6.45, 7) is 5.31. The van der Waals surface area contributed by atoms with E-state index in [9.17, 15) is 9.90 Å². The number of hydrogen-bond acceptors (Lipinski definition) is 4. The van der Waals surface area contributed by atoms with Crippen molar-refractivity contribution in [3.05, 3.63) is 39.3 Å². The molecule has 0 spiro atoms. The zero-order valence-electron chi connectivity index (χ0n) is 11.4. The van der Waals surface area contributed by atoms with E-state index in [-0.39, 0.29) is 0 Å². The van der Waals surface area contributed by atoms with Gasteiger partial charge in [-0.25, -0.2) is 4.98 Å². The number of carboxylic acid groups (broad SMARTS) is 1. The molecule has 0 aliphatic heterocycles. The van der Waals surface area contributed by atoms with Gasteiger partial charge in [-0.15, -0.1) is 11.3 Å². The molecule has 0 aliphatic rings. The summed E-state index contributed by atoms with van der Waals surface area (Å²) in [6.07, 6.45) is 0. The van der Waals surface area contributed by atoms with Gasteiger partial charge in [0.05, 0.1) is 5.69 Å². The van der Waals surface area contributed by atoms with Crippen molar-refractivity contribution in [3.63, 3.8) is 0 Å². The van der Waals surface area contributed by atoms with Gasteiger partial charge in [0.15, 0.2) is 5.13 Å². The van der Waals surface area contributed by atoms with Crippen LogP contribution in [0.25, 0.3) is 0 Å². The molecule has 1 aromatic carbocycles. The summed E-state index contributed by atoms with van der Waals surface area (Å²) in [4.78, 5) is 15.6. The first-order valence-corrected chi connectivity index (χ1v) is 7.70. The van der Waals surface area contributed by atoms with E-state index in [4.69, 9.17) is 0 Å².